The number of guanidine groups is 1. The molecule has 0 fully saturated rings. The Kier molecular flexibility index (Phi) is 7.36. The van der Waals surface area contributed by atoms with E-state index in [2.05, 4.69) is 16.9 Å². The molecule has 0 unspecified atom stereocenters. The summed E-state index contributed by atoms with van der Waals surface area (Å²) in [6, 6.07) is 6.88. The van der Waals surface area contributed by atoms with E-state index in [1.807, 2.05) is 19.1 Å². The summed E-state index contributed by atoms with van der Waals surface area (Å²) in [7, 11) is 0. The summed E-state index contributed by atoms with van der Waals surface area (Å²) in [5.41, 5.74) is 7.65. The van der Waals surface area contributed by atoms with Crippen LogP contribution in [0.15, 0.2) is 41.4 Å². The molecule has 0 spiro atoms. The normalized spacial score (nSPS) is 10.5. The topological polar surface area (TPSA) is 70.6 Å². The molecular weight excluding hydrogens is 329 g/mol. The fourth-order valence-corrected chi connectivity index (χ4v) is 1.08. The van der Waals surface area contributed by atoms with Crippen LogP contribution in [0.3, 0.4) is 0 Å². The summed E-state index contributed by atoms with van der Waals surface area (Å²) >= 11 is 0. The minimum absolute atomic E-state index is 0. The second-order valence-corrected chi connectivity index (χ2v) is 3.68. The molecule has 17 heavy (non-hydrogen) atoms. The maximum atomic E-state index is 9.10. The fourth-order valence-electron chi connectivity index (χ4n) is 1.08. The van der Waals surface area contributed by atoms with Crippen LogP contribution in [0.5, 0.6) is 5.75 Å². The van der Waals surface area contributed by atoms with Crippen LogP contribution < -0.4 is 11.1 Å². The standard InChI is InChI=1S/C12H17N3O.HI/c1-9(2)7-14-12(13)15-8-10-3-5-11(16)6-4-10;/h3-6,16H,1,7-8H2,2H3,(H3,13,14,15);1H. The van der Waals surface area contributed by atoms with E-state index in [9.17, 15) is 0 Å². The summed E-state index contributed by atoms with van der Waals surface area (Å²) in [5, 5.41) is 12.0. The minimum Gasteiger partial charge on any atom is -0.508 e. The van der Waals surface area contributed by atoms with E-state index in [1.54, 1.807) is 12.1 Å². The third-order valence-electron chi connectivity index (χ3n) is 1.94. The Morgan fingerprint density at radius 3 is 2.53 bits per heavy atom. The van der Waals surface area contributed by atoms with Gasteiger partial charge in [0.25, 0.3) is 0 Å². The predicted molar refractivity (Wildman–Crippen MR) is 81.7 cm³/mol. The van der Waals surface area contributed by atoms with Gasteiger partial charge in [-0.3, -0.25) is 0 Å². The first-order chi connectivity index (χ1) is 7.58. The van der Waals surface area contributed by atoms with Gasteiger partial charge in [0.2, 0.25) is 0 Å². The molecule has 0 aliphatic heterocycles. The average Bonchev–Trinajstić information content (AvgIpc) is 2.25. The Labute approximate surface area is 119 Å². The second kappa shape index (κ2) is 7.94. The first-order valence-electron chi connectivity index (χ1n) is 5.04. The van der Waals surface area contributed by atoms with Crippen LogP contribution in [0.2, 0.25) is 0 Å². The molecule has 0 saturated carbocycles. The van der Waals surface area contributed by atoms with Crippen molar-refractivity contribution in [3.05, 3.63) is 42.0 Å². The Balaban J connectivity index is 0.00000256. The third-order valence-corrected chi connectivity index (χ3v) is 1.94. The van der Waals surface area contributed by atoms with Crippen molar-refractivity contribution in [2.45, 2.75) is 13.5 Å². The number of nitrogens with one attached hydrogen (secondary N) is 1. The summed E-state index contributed by atoms with van der Waals surface area (Å²) in [4.78, 5) is 4.16. The smallest absolute Gasteiger partial charge is 0.189 e. The SMILES string of the molecule is C=C(C)CNC(N)=NCc1ccc(O)cc1.I. The van der Waals surface area contributed by atoms with Gasteiger partial charge in [0.15, 0.2) is 5.96 Å². The van der Waals surface area contributed by atoms with Gasteiger partial charge in [-0.25, -0.2) is 4.99 Å². The van der Waals surface area contributed by atoms with Gasteiger partial charge in [-0.05, 0) is 24.6 Å². The van der Waals surface area contributed by atoms with Gasteiger partial charge in [0.05, 0.1) is 6.54 Å². The summed E-state index contributed by atoms with van der Waals surface area (Å²) in [6.07, 6.45) is 0. The number of phenolic OH excluding ortho intramolecular Hbond substituents is 1. The Morgan fingerprint density at radius 1 is 1.41 bits per heavy atom. The van der Waals surface area contributed by atoms with E-state index in [0.29, 0.717) is 19.0 Å². The highest BCUT2D eigenvalue weighted by molar-refractivity contribution is 14.0. The maximum Gasteiger partial charge on any atom is 0.189 e. The number of aromatic hydroxyl groups is 1. The molecule has 0 amide bonds. The van der Waals surface area contributed by atoms with Gasteiger partial charge < -0.3 is 16.2 Å². The van der Waals surface area contributed by atoms with Crippen molar-refractivity contribution >= 4 is 29.9 Å². The number of halogens is 1. The number of aliphatic imine (C=N–C) groups is 1. The first kappa shape index (κ1) is 15.8. The highest BCUT2D eigenvalue weighted by atomic mass is 127. The molecule has 94 valence electrons. The minimum atomic E-state index is 0. The Hall–Kier alpha value is -1.24. The van der Waals surface area contributed by atoms with Crippen molar-refractivity contribution in [3.63, 3.8) is 0 Å². The number of nitrogens with zero attached hydrogens (tertiary/aromatic N) is 1. The summed E-state index contributed by atoms with van der Waals surface area (Å²) in [6.45, 7) is 6.80. The van der Waals surface area contributed by atoms with Gasteiger partial charge in [0, 0.05) is 6.54 Å². The van der Waals surface area contributed by atoms with Crippen molar-refractivity contribution in [2.75, 3.05) is 6.54 Å². The lowest BCUT2D eigenvalue weighted by Crippen LogP contribution is -2.32. The van der Waals surface area contributed by atoms with E-state index in [-0.39, 0.29) is 29.7 Å². The quantitative estimate of drug-likeness (QED) is 0.338. The van der Waals surface area contributed by atoms with Gasteiger partial charge >= 0.3 is 0 Å². The molecule has 0 aromatic heterocycles. The van der Waals surface area contributed by atoms with E-state index >= 15 is 0 Å². The van der Waals surface area contributed by atoms with Crippen LogP contribution in [-0.2, 0) is 6.54 Å². The van der Waals surface area contributed by atoms with E-state index in [4.69, 9.17) is 10.8 Å². The molecule has 4 nitrogen and oxygen atoms in total. The highest BCUT2D eigenvalue weighted by Crippen LogP contribution is 2.09. The number of phenols is 1. The van der Waals surface area contributed by atoms with Gasteiger partial charge in [0.1, 0.15) is 5.75 Å². The number of benzene rings is 1. The van der Waals surface area contributed by atoms with Crippen LogP contribution in [0.1, 0.15) is 12.5 Å². The number of hydrogen-bond donors (Lipinski definition) is 3. The zero-order chi connectivity index (χ0) is 12.0. The molecule has 0 aliphatic rings. The maximum absolute atomic E-state index is 9.10. The lowest BCUT2D eigenvalue weighted by Gasteiger charge is -2.04. The summed E-state index contributed by atoms with van der Waals surface area (Å²) in [5.74, 6) is 0.650. The number of hydrogen-bond acceptors (Lipinski definition) is 2. The van der Waals surface area contributed by atoms with Crippen molar-refractivity contribution < 1.29 is 5.11 Å². The van der Waals surface area contributed by atoms with Gasteiger partial charge in [-0.2, -0.15) is 0 Å². The van der Waals surface area contributed by atoms with Crippen LogP contribution in [0.4, 0.5) is 0 Å². The Morgan fingerprint density at radius 2 is 2.00 bits per heavy atom. The third kappa shape index (κ3) is 6.83. The van der Waals surface area contributed by atoms with E-state index < -0.39 is 0 Å². The first-order valence-corrected chi connectivity index (χ1v) is 5.04. The molecule has 1 rings (SSSR count). The predicted octanol–water partition coefficient (Wildman–Crippen LogP) is 1.99. The van der Waals surface area contributed by atoms with Crippen molar-refractivity contribution in [2.24, 2.45) is 10.7 Å². The van der Waals surface area contributed by atoms with E-state index in [0.717, 1.165) is 11.1 Å². The largest absolute Gasteiger partial charge is 0.508 e. The highest BCUT2D eigenvalue weighted by Gasteiger charge is 1.94. The molecular formula is C12H18IN3O. The molecule has 1 aromatic rings. The van der Waals surface area contributed by atoms with Crippen LogP contribution in [0, 0.1) is 0 Å². The number of nitrogens with two attached hydrogens (primary N) is 1. The second-order valence-electron chi connectivity index (χ2n) is 3.68. The molecule has 0 bridgehead atoms. The van der Waals surface area contributed by atoms with Crippen molar-refractivity contribution in [3.8, 4) is 5.75 Å². The molecule has 0 aliphatic carbocycles. The van der Waals surface area contributed by atoms with Crippen LogP contribution in [-0.4, -0.2) is 17.6 Å². The fraction of sp³-hybridized carbons (Fsp3) is 0.250. The molecule has 4 N–H and O–H groups in total. The van der Waals surface area contributed by atoms with E-state index in [1.165, 1.54) is 0 Å². The summed E-state index contributed by atoms with van der Waals surface area (Å²) < 4.78 is 0. The lowest BCUT2D eigenvalue weighted by molar-refractivity contribution is 0.475. The Bertz CT molecular complexity index is 387. The van der Waals surface area contributed by atoms with Crippen LogP contribution >= 0.6 is 24.0 Å². The lowest BCUT2D eigenvalue weighted by atomic mass is 10.2. The molecule has 0 heterocycles. The molecule has 1 aromatic carbocycles. The zero-order valence-electron chi connectivity index (χ0n) is 9.81. The number of rotatable bonds is 4. The molecule has 0 radical (unpaired) electrons. The van der Waals surface area contributed by atoms with Gasteiger partial charge in [-0.15, -0.1) is 24.0 Å². The molecule has 0 atom stereocenters. The average molecular weight is 347 g/mol. The van der Waals surface area contributed by atoms with Gasteiger partial charge in [-0.1, -0.05) is 24.3 Å². The van der Waals surface area contributed by atoms with Crippen molar-refractivity contribution in [1.29, 1.82) is 0 Å². The molecule has 5 heteroatoms. The van der Waals surface area contributed by atoms with Crippen molar-refractivity contribution in [1.82, 2.24) is 5.32 Å². The zero-order valence-corrected chi connectivity index (χ0v) is 12.1. The van der Waals surface area contributed by atoms with Crippen LogP contribution in [0.25, 0.3) is 0 Å². The monoisotopic (exact) mass is 347 g/mol. The molecule has 0 saturated heterocycles.